The second kappa shape index (κ2) is 7.21. The van der Waals surface area contributed by atoms with E-state index in [0.717, 1.165) is 19.7 Å². The largest absolute Gasteiger partial charge is 0.384 e. The molecule has 2 rings (SSSR count). The van der Waals surface area contributed by atoms with Crippen molar-refractivity contribution in [3.63, 3.8) is 0 Å². The molecule has 0 aliphatic carbocycles. The Morgan fingerprint density at radius 2 is 2.05 bits per heavy atom. The lowest BCUT2D eigenvalue weighted by molar-refractivity contribution is 0.0694. The highest BCUT2D eigenvalue weighted by Crippen LogP contribution is 2.30. The number of methoxy groups -OCH3 is 1. The second-order valence-corrected chi connectivity index (χ2v) is 6.02. The molecule has 2 N–H and O–H groups in total. The van der Waals surface area contributed by atoms with E-state index in [2.05, 4.69) is 36.9 Å². The summed E-state index contributed by atoms with van der Waals surface area (Å²) in [5.74, 6) is 0.645. The molecule has 0 aromatic heterocycles. The van der Waals surface area contributed by atoms with Crippen LogP contribution in [-0.2, 0) is 4.74 Å². The summed E-state index contributed by atoms with van der Waals surface area (Å²) in [6.07, 6.45) is 2.52. The molecule has 0 saturated carbocycles. The summed E-state index contributed by atoms with van der Waals surface area (Å²) in [7, 11) is 1.80. The Balaban J connectivity index is 2.19. The molecule has 2 atom stereocenters. The molecular weight excluding hydrogens is 248 g/mol. The van der Waals surface area contributed by atoms with Gasteiger partial charge in [-0.15, -0.1) is 0 Å². The molecule has 112 valence electrons. The van der Waals surface area contributed by atoms with Gasteiger partial charge in [0.25, 0.3) is 0 Å². The van der Waals surface area contributed by atoms with Crippen molar-refractivity contribution in [1.82, 2.24) is 4.90 Å². The van der Waals surface area contributed by atoms with E-state index in [4.69, 9.17) is 10.5 Å². The van der Waals surface area contributed by atoms with Crippen molar-refractivity contribution in [3.05, 3.63) is 34.9 Å². The molecule has 0 spiro atoms. The topological polar surface area (TPSA) is 38.5 Å². The van der Waals surface area contributed by atoms with Gasteiger partial charge in [-0.05, 0) is 55.8 Å². The summed E-state index contributed by atoms with van der Waals surface area (Å²) >= 11 is 0. The van der Waals surface area contributed by atoms with E-state index < -0.39 is 0 Å². The Morgan fingerprint density at radius 3 is 2.65 bits per heavy atom. The fourth-order valence-electron chi connectivity index (χ4n) is 3.55. The van der Waals surface area contributed by atoms with E-state index in [1.807, 2.05) is 0 Å². The number of likely N-dealkylation sites (tertiary alicyclic amines) is 1. The Labute approximate surface area is 123 Å². The van der Waals surface area contributed by atoms with Crippen LogP contribution in [0.15, 0.2) is 18.2 Å². The molecule has 1 aromatic carbocycles. The highest BCUT2D eigenvalue weighted by atomic mass is 16.5. The van der Waals surface area contributed by atoms with Crippen LogP contribution in [-0.4, -0.2) is 38.3 Å². The van der Waals surface area contributed by atoms with Gasteiger partial charge >= 0.3 is 0 Å². The van der Waals surface area contributed by atoms with Crippen LogP contribution < -0.4 is 5.73 Å². The van der Waals surface area contributed by atoms with Crippen molar-refractivity contribution >= 4 is 0 Å². The highest BCUT2D eigenvalue weighted by Gasteiger charge is 2.27. The molecule has 2 unspecified atom stereocenters. The minimum absolute atomic E-state index is 0.343. The number of benzene rings is 1. The number of nitrogens with zero attached hydrogens (tertiary/aromatic N) is 1. The van der Waals surface area contributed by atoms with Gasteiger partial charge < -0.3 is 10.5 Å². The Kier molecular flexibility index (Phi) is 5.58. The highest BCUT2D eigenvalue weighted by molar-refractivity contribution is 5.36. The zero-order valence-corrected chi connectivity index (χ0v) is 13.1. The Hall–Kier alpha value is -0.900. The summed E-state index contributed by atoms with van der Waals surface area (Å²) < 4.78 is 5.34. The summed E-state index contributed by atoms with van der Waals surface area (Å²) in [6.45, 7) is 8.19. The van der Waals surface area contributed by atoms with Crippen molar-refractivity contribution in [2.45, 2.75) is 32.7 Å². The summed E-state index contributed by atoms with van der Waals surface area (Å²) in [4.78, 5) is 2.56. The van der Waals surface area contributed by atoms with Crippen molar-refractivity contribution in [2.75, 3.05) is 33.4 Å². The summed E-state index contributed by atoms with van der Waals surface area (Å²) in [5.41, 5.74) is 10.3. The number of hydrogen-bond donors (Lipinski definition) is 1. The van der Waals surface area contributed by atoms with Gasteiger partial charge in [-0.3, -0.25) is 4.90 Å². The van der Waals surface area contributed by atoms with Gasteiger partial charge in [0.1, 0.15) is 0 Å². The van der Waals surface area contributed by atoms with E-state index in [9.17, 15) is 0 Å². The lowest BCUT2D eigenvalue weighted by atomic mass is 9.91. The lowest BCUT2D eigenvalue weighted by Gasteiger charge is -2.39. The quantitative estimate of drug-likeness (QED) is 0.898. The van der Waals surface area contributed by atoms with Crippen LogP contribution in [0, 0.1) is 19.8 Å². The molecule has 0 radical (unpaired) electrons. The molecule has 1 aromatic rings. The first-order valence-electron chi connectivity index (χ1n) is 7.66. The van der Waals surface area contributed by atoms with Crippen LogP contribution in [0.25, 0.3) is 0 Å². The maximum atomic E-state index is 6.12. The van der Waals surface area contributed by atoms with Gasteiger partial charge in [0.2, 0.25) is 0 Å². The first-order valence-corrected chi connectivity index (χ1v) is 7.66. The molecule has 1 fully saturated rings. The monoisotopic (exact) mass is 276 g/mol. The standard InChI is InChI=1S/C17H28N2O/c1-13-6-4-7-14(2)17(13)16(10-18)19-9-5-8-15(11-19)12-20-3/h4,6-7,15-16H,5,8-12,18H2,1-3H3. The number of nitrogens with two attached hydrogens (primary N) is 1. The minimum atomic E-state index is 0.343. The van der Waals surface area contributed by atoms with Gasteiger partial charge in [0.15, 0.2) is 0 Å². The molecular formula is C17H28N2O. The zero-order valence-electron chi connectivity index (χ0n) is 13.1. The molecule has 3 nitrogen and oxygen atoms in total. The van der Waals surface area contributed by atoms with E-state index in [1.165, 1.54) is 29.5 Å². The van der Waals surface area contributed by atoms with Crippen LogP contribution >= 0.6 is 0 Å². The van der Waals surface area contributed by atoms with Gasteiger partial charge in [-0.25, -0.2) is 0 Å². The SMILES string of the molecule is COCC1CCCN(C(CN)c2c(C)cccc2C)C1. The molecule has 3 heteroatoms. The molecule has 0 amide bonds. The van der Waals surface area contributed by atoms with Crippen LogP contribution in [0.3, 0.4) is 0 Å². The van der Waals surface area contributed by atoms with E-state index in [1.54, 1.807) is 7.11 Å². The normalized spacial score (nSPS) is 21.9. The van der Waals surface area contributed by atoms with E-state index in [0.29, 0.717) is 18.5 Å². The molecule has 20 heavy (non-hydrogen) atoms. The van der Waals surface area contributed by atoms with Crippen molar-refractivity contribution in [3.8, 4) is 0 Å². The lowest BCUT2D eigenvalue weighted by Crippen LogP contribution is -2.42. The predicted octanol–water partition coefficient (Wildman–Crippen LogP) is 2.66. The number of hydrogen-bond acceptors (Lipinski definition) is 3. The Bertz CT molecular complexity index is 411. The molecule has 0 bridgehead atoms. The van der Waals surface area contributed by atoms with E-state index in [-0.39, 0.29) is 0 Å². The first kappa shape index (κ1) is 15.5. The Morgan fingerprint density at radius 1 is 1.35 bits per heavy atom. The third-order valence-corrected chi connectivity index (χ3v) is 4.49. The number of rotatable bonds is 5. The van der Waals surface area contributed by atoms with Crippen LogP contribution in [0.5, 0.6) is 0 Å². The fourth-order valence-corrected chi connectivity index (χ4v) is 3.55. The van der Waals surface area contributed by atoms with Gasteiger partial charge in [0, 0.05) is 26.2 Å². The maximum absolute atomic E-state index is 6.12. The smallest absolute Gasteiger partial charge is 0.0502 e. The fraction of sp³-hybridized carbons (Fsp3) is 0.647. The van der Waals surface area contributed by atoms with Crippen LogP contribution in [0.1, 0.15) is 35.6 Å². The number of aryl methyl sites for hydroxylation is 2. The van der Waals surface area contributed by atoms with Gasteiger partial charge in [-0.2, -0.15) is 0 Å². The average Bonchev–Trinajstić information content (AvgIpc) is 2.44. The van der Waals surface area contributed by atoms with Crippen molar-refractivity contribution in [1.29, 1.82) is 0 Å². The average molecular weight is 276 g/mol. The van der Waals surface area contributed by atoms with E-state index >= 15 is 0 Å². The number of piperidine rings is 1. The van der Waals surface area contributed by atoms with Crippen LogP contribution in [0.4, 0.5) is 0 Å². The summed E-state index contributed by atoms with van der Waals surface area (Å²) in [6, 6.07) is 6.87. The molecule has 1 saturated heterocycles. The minimum Gasteiger partial charge on any atom is -0.384 e. The van der Waals surface area contributed by atoms with Gasteiger partial charge in [0.05, 0.1) is 6.61 Å². The zero-order chi connectivity index (χ0) is 14.5. The van der Waals surface area contributed by atoms with Crippen molar-refractivity contribution in [2.24, 2.45) is 11.7 Å². The third-order valence-electron chi connectivity index (χ3n) is 4.49. The number of ether oxygens (including phenoxy) is 1. The molecule has 1 heterocycles. The van der Waals surface area contributed by atoms with Crippen molar-refractivity contribution < 1.29 is 4.74 Å². The first-order chi connectivity index (χ1) is 9.67. The molecule has 1 aliphatic rings. The maximum Gasteiger partial charge on any atom is 0.0502 e. The second-order valence-electron chi connectivity index (χ2n) is 6.02. The van der Waals surface area contributed by atoms with Crippen LogP contribution in [0.2, 0.25) is 0 Å². The third kappa shape index (κ3) is 3.40. The summed E-state index contributed by atoms with van der Waals surface area (Å²) in [5, 5.41) is 0. The molecule has 1 aliphatic heterocycles. The van der Waals surface area contributed by atoms with Gasteiger partial charge in [-0.1, -0.05) is 18.2 Å². The predicted molar refractivity (Wildman–Crippen MR) is 83.9 cm³/mol.